The van der Waals surface area contributed by atoms with Gasteiger partial charge in [-0.2, -0.15) is 5.10 Å². The fourth-order valence-electron chi connectivity index (χ4n) is 2.55. The van der Waals surface area contributed by atoms with E-state index in [2.05, 4.69) is 15.4 Å². The van der Waals surface area contributed by atoms with Gasteiger partial charge in [-0.15, -0.1) is 11.3 Å². The molecule has 1 fully saturated rings. The number of amides is 2. The third kappa shape index (κ3) is 3.76. The predicted molar refractivity (Wildman–Crippen MR) is 87.1 cm³/mol. The van der Waals surface area contributed by atoms with Crippen LogP contribution in [-0.4, -0.2) is 51.1 Å². The van der Waals surface area contributed by atoms with E-state index in [1.54, 1.807) is 16.3 Å². The van der Waals surface area contributed by atoms with E-state index in [1.165, 1.54) is 11.3 Å². The Hall–Kier alpha value is -2.22. The Labute approximate surface area is 138 Å². The van der Waals surface area contributed by atoms with Crippen LogP contribution in [0.5, 0.6) is 0 Å². The van der Waals surface area contributed by atoms with Gasteiger partial charge >= 0.3 is 0 Å². The fraction of sp³-hybridized carbons (Fsp3) is 0.467. The maximum atomic E-state index is 12.1. The molecule has 0 spiro atoms. The molecule has 0 aliphatic carbocycles. The standard InChI is InChI=1S/C15H19N5O2S/c1-19-9-11(8-17-19)15-18-12(10-23-15)14(22)16-5-3-7-20-6-2-4-13(20)21/h8-10H,2-7H2,1H3,(H,16,22). The molecule has 23 heavy (non-hydrogen) atoms. The third-order valence-electron chi connectivity index (χ3n) is 3.75. The number of nitrogens with one attached hydrogen (secondary N) is 1. The molecular formula is C15H19N5O2S. The summed E-state index contributed by atoms with van der Waals surface area (Å²) in [5, 5.41) is 9.49. The molecule has 7 nitrogen and oxygen atoms in total. The molecule has 0 radical (unpaired) electrons. The van der Waals surface area contributed by atoms with Crippen molar-refractivity contribution in [1.29, 1.82) is 0 Å². The average molecular weight is 333 g/mol. The molecule has 0 bridgehead atoms. The van der Waals surface area contributed by atoms with Crippen molar-refractivity contribution in [3.63, 3.8) is 0 Å². The summed E-state index contributed by atoms with van der Waals surface area (Å²) in [7, 11) is 1.84. The predicted octanol–water partition coefficient (Wildman–Crippen LogP) is 1.29. The zero-order chi connectivity index (χ0) is 16.2. The number of aryl methyl sites for hydroxylation is 1. The van der Waals surface area contributed by atoms with Gasteiger partial charge in [-0.1, -0.05) is 0 Å². The first-order valence-electron chi connectivity index (χ1n) is 7.64. The molecule has 122 valence electrons. The number of carbonyl (C=O) groups excluding carboxylic acids is 2. The van der Waals surface area contributed by atoms with Crippen molar-refractivity contribution in [3.8, 4) is 10.6 Å². The van der Waals surface area contributed by atoms with Gasteiger partial charge < -0.3 is 10.2 Å². The van der Waals surface area contributed by atoms with Crippen LogP contribution in [0, 0.1) is 0 Å². The summed E-state index contributed by atoms with van der Waals surface area (Å²) in [6.45, 7) is 2.09. The minimum absolute atomic E-state index is 0.177. The van der Waals surface area contributed by atoms with Gasteiger partial charge in [0.1, 0.15) is 10.7 Å². The Morgan fingerprint density at radius 3 is 3.04 bits per heavy atom. The highest BCUT2D eigenvalue weighted by Gasteiger charge is 2.19. The van der Waals surface area contributed by atoms with Crippen LogP contribution >= 0.6 is 11.3 Å². The van der Waals surface area contributed by atoms with Gasteiger partial charge in [0.05, 0.1) is 6.20 Å². The van der Waals surface area contributed by atoms with Crippen molar-refractivity contribution in [2.45, 2.75) is 19.3 Å². The van der Waals surface area contributed by atoms with E-state index in [-0.39, 0.29) is 11.8 Å². The van der Waals surface area contributed by atoms with Crippen molar-refractivity contribution in [2.75, 3.05) is 19.6 Å². The largest absolute Gasteiger partial charge is 0.351 e. The molecule has 1 N–H and O–H groups in total. The van der Waals surface area contributed by atoms with E-state index in [0.29, 0.717) is 25.2 Å². The van der Waals surface area contributed by atoms with Crippen LogP contribution in [-0.2, 0) is 11.8 Å². The first kappa shape index (κ1) is 15.7. The molecular weight excluding hydrogens is 314 g/mol. The highest BCUT2D eigenvalue weighted by molar-refractivity contribution is 7.13. The summed E-state index contributed by atoms with van der Waals surface area (Å²) in [5.41, 5.74) is 1.33. The highest BCUT2D eigenvalue weighted by Crippen LogP contribution is 2.22. The first-order valence-corrected chi connectivity index (χ1v) is 8.52. The summed E-state index contributed by atoms with van der Waals surface area (Å²) in [5.74, 6) is 0.0427. The summed E-state index contributed by atoms with van der Waals surface area (Å²) in [6.07, 6.45) is 5.96. The number of nitrogens with zero attached hydrogens (tertiary/aromatic N) is 4. The molecule has 0 aromatic carbocycles. The second-order valence-corrected chi connectivity index (χ2v) is 6.39. The van der Waals surface area contributed by atoms with Crippen LogP contribution in [0.1, 0.15) is 29.8 Å². The Morgan fingerprint density at radius 1 is 1.48 bits per heavy atom. The number of thiazole rings is 1. The smallest absolute Gasteiger partial charge is 0.270 e. The Morgan fingerprint density at radius 2 is 2.35 bits per heavy atom. The Bertz CT molecular complexity index is 708. The highest BCUT2D eigenvalue weighted by atomic mass is 32.1. The minimum atomic E-state index is -0.177. The summed E-state index contributed by atoms with van der Waals surface area (Å²) in [6, 6.07) is 0. The zero-order valence-corrected chi connectivity index (χ0v) is 13.8. The number of rotatable bonds is 6. The van der Waals surface area contributed by atoms with Crippen molar-refractivity contribution in [2.24, 2.45) is 7.05 Å². The summed E-state index contributed by atoms with van der Waals surface area (Å²) >= 11 is 1.43. The van der Waals surface area contributed by atoms with E-state index >= 15 is 0 Å². The zero-order valence-electron chi connectivity index (χ0n) is 13.0. The topological polar surface area (TPSA) is 80.1 Å². The summed E-state index contributed by atoms with van der Waals surface area (Å²) in [4.78, 5) is 29.8. The lowest BCUT2D eigenvalue weighted by molar-refractivity contribution is -0.127. The second kappa shape index (κ2) is 6.91. The number of likely N-dealkylation sites (tertiary alicyclic amines) is 1. The second-order valence-electron chi connectivity index (χ2n) is 5.53. The van der Waals surface area contributed by atoms with E-state index in [1.807, 2.05) is 18.1 Å². The average Bonchev–Trinajstić information content (AvgIpc) is 3.24. The van der Waals surface area contributed by atoms with Crippen molar-refractivity contribution in [1.82, 2.24) is 25.0 Å². The molecule has 1 aliphatic heterocycles. The van der Waals surface area contributed by atoms with Crippen LogP contribution in [0.25, 0.3) is 10.6 Å². The fourth-order valence-corrected chi connectivity index (χ4v) is 3.32. The molecule has 0 saturated carbocycles. The lowest BCUT2D eigenvalue weighted by atomic mass is 10.3. The molecule has 1 aliphatic rings. The molecule has 2 aromatic rings. The van der Waals surface area contributed by atoms with Gasteiger partial charge in [0.25, 0.3) is 5.91 Å². The third-order valence-corrected chi connectivity index (χ3v) is 4.64. The van der Waals surface area contributed by atoms with Gasteiger partial charge in [0.2, 0.25) is 5.91 Å². The molecule has 2 amide bonds. The Balaban J connectivity index is 1.47. The monoisotopic (exact) mass is 333 g/mol. The molecule has 0 unspecified atom stereocenters. The maximum absolute atomic E-state index is 12.1. The normalized spacial score (nSPS) is 14.5. The van der Waals surface area contributed by atoms with Gasteiger partial charge in [-0.05, 0) is 12.8 Å². The Kier molecular flexibility index (Phi) is 4.71. The van der Waals surface area contributed by atoms with E-state index in [0.717, 1.165) is 30.0 Å². The SMILES string of the molecule is Cn1cc(-c2nc(C(=O)NCCCN3CCCC3=O)cs2)cn1. The van der Waals surface area contributed by atoms with Crippen LogP contribution in [0.15, 0.2) is 17.8 Å². The number of hydrogen-bond donors (Lipinski definition) is 1. The van der Waals surface area contributed by atoms with Crippen molar-refractivity contribution in [3.05, 3.63) is 23.5 Å². The van der Waals surface area contributed by atoms with Gasteiger partial charge in [-0.25, -0.2) is 4.98 Å². The molecule has 0 atom stereocenters. The van der Waals surface area contributed by atoms with Crippen molar-refractivity contribution < 1.29 is 9.59 Å². The lowest BCUT2D eigenvalue weighted by Crippen LogP contribution is -2.30. The van der Waals surface area contributed by atoms with Crippen LogP contribution in [0.3, 0.4) is 0 Å². The quantitative estimate of drug-likeness (QED) is 0.808. The van der Waals surface area contributed by atoms with Crippen molar-refractivity contribution >= 4 is 23.2 Å². The maximum Gasteiger partial charge on any atom is 0.270 e. The van der Waals surface area contributed by atoms with Crippen LogP contribution in [0.4, 0.5) is 0 Å². The molecule has 1 saturated heterocycles. The minimum Gasteiger partial charge on any atom is -0.351 e. The van der Waals surface area contributed by atoms with Gasteiger partial charge in [0.15, 0.2) is 0 Å². The number of carbonyl (C=O) groups is 2. The van der Waals surface area contributed by atoms with E-state index < -0.39 is 0 Å². The molecule has 8 heteroatoms. The van der Waals surface area contributed by atoms with E-state index in [4.69, 9.17) is 0 Å². The molecule has 2 aromatic heterocycles. The molecule has 3 rings (SSSR count). The summed E-state index contributed by atoms with van der Waals surface area (Å²) < 4.78 is 1.70. The number of hydrogen-bond acceptors (Lipinski definition) is 5. The van der Waals surface area contributed by atoms with Gasteiger partial charge in [-0.3, -0.25) is 14.3 Å². The number of aromatic nitrogens is 3. The van der Waals surface area contributed by atoms with Crippen LogP contribution in [0.2, 0.25) is 0 Å². The van der Waals surface area contributed by atoms with Gasteiger partial charge in [0, 0.05) is 50.2 Å². The van der Waals surface area contributed by atoms with E-state index in [9.17, 15) is 9.59 Å². The van der Waals surface area contributed by atoms with Crippen LogP contribution < -0.4 is 5.32 Å². The first-order chi connectivity index (χ1) is 11.1. The molecule has 3 heterocycles. The lowest BCUT2D eigenvalue weighted by Gasteiger charge is -2.14.